The van der Waals surface area contributed by atoms with Gasteiger partial charge in [0.2, 0.25) is 0 Å². The van der Waals surface area contributed by atoms with Gasteiger partial charge < -0.3 is 10.1 Å². The molecule has 0 fully saturated rings. The Bertz CT molecular complexity index is 1000. The van der Waals surface area contributed by atoms with E-state index in [-0.39, 0.29) is 21.8 Å². The van der Waals surface area contributed by atoms with Crippen molar-refractivity contribution < 1.29 is 14.3 Å². The molecule has 0 saturated carbocycles. The van der Waals surface area contributed by atoms with Crippen LogP contribution in [-0.2, 0) is 9.53 Å². The summed E-state index contributed by atoms with van der Waals surface area (Å²) in [6.07, 6.45) is 1.24. The number of hydrogen-bond acceptors (Lipinski definition) is 4. The minimum absolute atomic E-state index is 0.0925. The molecule has 1 aromatic heterocycles. The fourth-order valence-corrected chi connectivity index (χ4v) is 3.01. The molecule has 1 atom stereocenters. The number of ether oxygens (including phenoxy) is 1. The van der Waals surface area contributed by atoms with Crippen LogP contribution in [0, 0.1) is 0 Å². The van der Waals surface area contributed by atoms with Gasteiger partial charge in [-0.1, -0.05) is 65.7 Å². The van der Waals surface area contributed by atoms with Gasteiger partial charge in [0, 0.05) is 6.20 Å². The monoisotopic (exact) mass is 402 g/mol. The zero-order valence-electron chi connectivity index (χ0n) is 14.4. The molecule has 0 unspecified atom stereocenters. The van der Waals surface area contributed by atoms with E-state index in [1.54, 1.807) is 0 Å². The van der Waals surface area contributed by atoms with Crippen LogP contribution >= 0.6 is 23.2 Å². The average Bonchev–Trinajstić information content (AvgIpc) is 2.67. The van der Waals surface area contributed by atoms with E-state index < -0.39 is 18.5 Å². The predicted octanol–water partition coefficient (Wildman–Crippen LogP) is 4.58. The third-order valence-electron chi connectivity index (χ3n) is 4.03. The molecule has 2 aromatic carbocycles. The molecule has 0 saturated heterocycles. The first-order valence-corrected chi connectivity index (χ1v) is 8.96. The maximum absolute atomic E-state index is 12.2. The molecule has 1 amide bonds. The Kier molecular flexibility index (Phi) is 5.94. The van der Waals surface area contributed by atoms with Crippen LogP contribution in [0.15, 0.2) is 54.7 Å². The maximum atomic E-state index is 12.2. The van der Waals surface area contributed by atoms with E-state index in [0.29, 0.717) is 0 Å². The van der Waals surface area contributed by atoms with Crippen LogP contribution in [0.5, 0.6) is 0 Å². The van der Waals surface area contributed by atoms with Gasteiger partial charge in [-0.3, -0.25) is 4.79 Å². The van der Waals surface area contributed by atoms with Crippen LogP contribution in [0.1, 0.15) is 28.9 Å². The standard InChI is InChI=1S/C20H16Cl2N2O3/c1-12(15-8-4-6-13-5-2-3-7-16(13)15)24-18(25)11-27-20(26)14-9-17(21)19(22)23-10-14/h2-10,12H,11H2,1H3,(H,24,25)/t12-/m1/s1. The summed E-state index contributed by atoms with van der Waals surface area (Å²) < 4.78 is 5.02. The Hall–Kier alpha value is -2.63. The van der Waals surface area contributed by atoms with Crippen LogP contribution in [0.25, 0.3) is 10.8 Å². The number of halogens is 2. The molecule has 3 aromatic rings. The van der Waals surface area contributed by atoms with E-state index in [4.69, 9.17) is 27.9 Å². The van der Waals surface area contributed by atoms with E-state index in [1.807, 2.05) is 49.4 Å². The summed E-state index contributed by atoms with van der Waals surface area (Å²) in [5.41, 5.74) is 1.11. The normalized spacial score (nSPS) is 11.8. The van der Waals surface area contributed by atoms with Crippen molar-refractivity contribution in [1.29, 1.82) is 0 Å². The van der Waals surface area contributed by atoms with Crippen molar-refractivity contribution in [2.75, 3.05) is 6.61 Å². The Balaban J connectivity index is 1.61. The van der Waals surface area contributed by atoms with Gasteiger partial charge in [-0.2, -0.15) is 0 Å². The molecule has 0 spiro atoms. The number of carbonyl (C=O) groups excluding carboxylic acids is 2. The van der Waals surface area contributed by atoms with E-state index >= 15 is 0 Å². The second-order valence-electron chi connectivity index (χ2n) is 5.93. The lowest BCUT2D eigenvalue weighted by Crippen LogP contribution is -2.31. The third-order valence-corrected chi connectivity index (χ3v) is 4.72. The fourth-order valence-electron chi connectivity index (χ4n) is 2.74. The first kappa shape index (κ1) is 19.1. The van der Waals surface area contributed by atoms with Gasteiger partial charge >= 0.3 is 5.97 Å². The van der Waals surface area contributed by atoms with Crippen LogP contribution in [0.3, 0.4) is 0 Å². The molecule has 0 aliphatic rings. The molecular weight excluding hydrogens is 387 g/mol. The summed E-state index contributed by atoms with van der Waals surface area (Å²) in [5, 5.41) is 5.22. The number of fused-ring (bicyclic) bond motifs is 1. The molecule has 3 rings (SSSR count). The third kappa shape index (κ3) is 4.56. The topological polar surface area (TPSA) is 68.3 Å². The van der Waals surface area contributed by atoms with Gasteiger partial charge in [0.05, 0.1) is 16.6 Å². The summed E-state index contributed by atoms with van der Waals surface area (Å²) >= 11 is 11.5. The van der Waals surface area contributed by atoms with Gasteiger partial charge in [-0.05, 0) is 29.3 Å². The highest BCUT2D eigenvalue weighted by Crippen LogP contribution is 2.24. The second-order valence-corrected chi connectivity index (χ2v) is 6.70. The predicted molar refractivity (Wildman–Crippen MR) is 105 cm³/mol. The summed E-state index contributed by atoms with van der Waals surface area (Å²) in [6, 6.07) is 15.0. The maximum Gasteiger partial charge on any atom is 0.340 e. The van der Waals surface area contributed by atoms with E-state index in [0.717, 1.165) is 16.3 Å². The van der Waals surface area contributed by atoms with Crippen LogP contribution < -0.4 is 5.32 Å². The number of nitrogens with zero attached hydrogens (tertiary/aromatic N) is 1. The number of aromatic nitrogens is 1. The van der Waals surface area contributed by atoms with Gasteiger partial charge in [0.1, 0.15) is 5.15 Å². The summed E-state index contributed by atoms with van der Waals surface area (Å²) in [5.74, 6) is -1.11. The highest BCUT2D eigenvalue weighted by Gasteiger charge is 2.15. The molecule has 0 bridgehead atoms. The minimum atomic E-state index is -0.700. The fraction of sp³-hybridized carbons (Fsp3) is 0.150. The van der Waals surface area contributed by atoms with Crippen molar-refractivity contribution >= 4 is 45.9 Å². The van der Waals surface area contributed by atoms with Gasteiger partial charge in [-0.15, -0.1) is 0 Å². The van der Waals surface area contributed by atoms with Crippen molar-refractivity contribution in [1.82, 2.24) is 10.3 Å². The number of pyridine rings is 1. The zero-order valence-corrected chi connectivity index (χ0v) is 15.9. The number of amides is 1. The SMILES string of the molecule is C[C@@H](NC(=O)COC(=O)c1cnc(Cl)c(Cl)c1)c1cccc2ccccc12. The van der Waals surface area contributed by atoms with Crippen LogP contribution in [0.4, 0.5) is 0 Å². The molecular formula is C20H16Cl2N2O3. The molecule has 0 aliphatic heterocycles. The molecule has 7 heteroatoms. The van der Waals surface area contributed by atoms with Crippen molar-refractivity contribution in [3.05, 3.63) is 76.0 Å². The molecule has 0 radical (unpaired) electrons. The second kappa shape index (κ2) is 8.37. The number of benzene rings is 2. The smallest absolute Gasteiger partial charge is 0.340 e. The molecule has 1 heterocycles. The lowest BCUT2D eigenvalue weighted by atomic mass is 10.00. The highest BCUT2D eigenvalue weighted by atomic mass is 35.5. The highest BCUT2D eigenvalue weighted by molar-refractivity contribution is 6.41. The van der Waals surface area contributed by atoms with Gasteiger partial charge in [-0.25, -0.2) is 9.78 Å². The largest absolute Gasteiger partial charge is 0.452 e. The van der Waals surface area contributed by atoms with Crippen LogP contribution in [0.2, 0.25) is 10.2 Å². The first-order valence-electron chi connectivity index (χ1n) is 8.21. The van der Waals surface area contributed by atoms with Crippen molar-refractivity contribution in [3.8, 4) is 0 Å². The van der Waals surface area contributed by atoms with E-state index in [9.17, 15) is 9.59 Å². The Morgan fingerprint density at radius 3 is 2.67 bits per heavy atom. The molecule has 5 nitrogen and oxygen atoms in total. The Labute approximate surface area is 166 Å². The minimum Gasteiger partial charge on any atom is -0.452 e. The Morgan fingerprint density at radius 2 is 1.89 bits per heavy atom. The number of rotatable bonds is 5. The summed E-state index contributed by atoms with van der Waals surface area (Å²) in [6.45, 7) is 1.47. The number of hydrogen-bond donors (Lipinski definition) is 1. The number of carbonyl (C=O) groups is 2. The molecule has 27 heavy (non-hydrogen) atoms. The molecule has 0 aliphatic carbocycles. The summed E-state index contributed by atoms with van der Waals surface area (Å²) in [7, 11) is 0. The van der Waals surface area contributed by atoms with Gasteiger partial charge in [0.15, 0.2) is 6.61 Å². The molecule has 138 valence electrons. The molecule has 1 N–H and O–H groups in total. The zero-order chi connectivity index (χ0) is 19.4. The van der Waals surface area contributed by atoms with Crippen molar-refractivity contribution in [2.45, 2.75) is 13.0 Å². The average molecular weight is 403 g/mol. The summed E-state index contributed by atoms with van der Waals surface area (Å²) in [4.78, 5) is 27.9. The first-order chi connectivity index (χ1) is 13.0. The number of esters is 1. The van der Waals surface area contributed by atoms with E-state index in [1.165, 1.54) is 12.3 Å². The lowest BCUT2D eigenvalue weighted by molar-refractivity contribution is -0.124. The lowest BCUT2D eigenvalue weighted by Gasteiger charge is -2.16. The number of nitrogens with one attached hydrogen (secondary N) is 1. The van der Waals surface area contributed by atoms with Crippen molar-refractivity contribution in [2.24, 2.45) is 0 Å². The quantitative estimate of drug-likeness (QED) is 0.500. The van der Waals surface area contributed by atoms with Crippen molar-refractivity contribution in [3.63, 3.8) is 0 Å². The van der Waals surface area contributed by atoms with Crippen LogP contribution in [-0.4, -0.2) is 23.5 Å². The van der Waals surface area contributed by atoms with Gasteiger partial charge in [0.25, 0.3) is 5.91 Å². The van der Waals surface area contributed by atoms with E-state index in [2.05, 4.69) is 10.3 Å². The Morgan fingerprint density at radius 1 is 1.15 bits per heavy atom.